The van der Waals surface area contributed by atoms with Crippen molar-refractivity contribution >= 4 is 40.9 Å². The molecule has 3 heterocycles. The highest BCUT2D eigenvalue weighted by Gasteiger charge is 2.37. The first-order valence-electron chi connectivity index (χ1n) is 14.7. The third-order valence-electron chi connectivity index (χ3n) is 8.54. The summed E-state index contributed by atoms with van der Waals surface area (Å²) in [5.41, 5.74) is 1.25. The number of hydrogen-bond donors (Lipinski definition) is 3. The summed E-state index contributed by atoms with van der Waals surface area (Å²) in [6, 6.07) is 17.7. The molecule has 3 aromatic carbocycles. The summed E-state index contributed by atoms with van der Waals surface area (Å²) in [4.78, 5) is 60.2. The SMILES string of the molecule is O=C(Nc1cccc(C(=O)O)c1)NC1N=C(c2ccccc2F)c2ccccc2N(CC(=O)N2CC3CCC(CC3)C2)C1=O. The Kier molecular flexibility index (Phi) is 8.10. The van der Waals surface area contributed by atoms with Crippen LogP contribution in [0.5, 0.6) is 0 Å². The molecule has 1 unspecified atom stereocenters. The summed E-state index contributed by atoms with van der Waals surface area (Å²) < 4.78 is 15.2. The van der Waals surface area contributed by atoms with Gasteiger partial charge in [-0.1, -0.05) is 36.4 Å². The molecule has 0 spiro atoms. The molecular formula is C33H32FN5O5. The average Bonchev–Trinajstić information content (AvgIpc) is 3.40. The molecule has 0 aromatic heterocycles. The molecule has 3 N–H and O–H groups in total. The second kappa shape index (κ2) is 12.3. The van der Waals surface area contributed by atoms with Crippen molar-refractivity contribution in [3.8, 4) is 0 Å². The van der Waals surface area contributed by atoms with Crippen molar-refractivity contribution in [3.05, 3.63) is 95.3 Å². The van der Waals surface area contributed by atoms with Gasteiger partial charge >= 0.3 is 12.0 Å². The lowest BCUT2D eigenvalue weighted by atomic mass is 9.84. The standard InChI is InChI=1S/C33H32FN5O5/c34-26-10-3-1-8-24(26)29-25-9-2-4-11-27(25)39(19-28(40)38-17-20-12-13-21(18-38)15-14-20)31(41)30(36-29)37-33(44)35-23-7-5-6-22(16-23)32(42)43/h1-11,16,20-21,30H,12-15,17-19H2,(H,42,43)(H2,35,37,44). The number of carbonyl (C=O) groups excluding carboxylic acids is 3. The lowest BCUT2D eigenvalue weighted by molar-refractivity contribution is -0.132. The van der Waals surface area contributed by atoms with E-state index in [2.05, 4.69) is 15.6 Å². The number of amides is 4. The van der Waals surface area contributed by atoms with Crippen LogP contribution >= 0.6 is 0 Å². The molecule has 1 saturated carbocycles. The zero-order valence-electron chi connectivity index (χ0n) is 23.9. The Hall–Kier alpha value is -5.06. The quantitative estimate of drug-likeness (QED) is 0.385. The summed E-state index contributed by atoms with van der Waals surface area (Å²) in [7, 11) is 0. The summed E-state index contributed by atoms with van der Waals surface area (Å²) in [6.07, 6.45) is 2.85. The fourth-order valence-corrected chi connectivity index (χ4v) is 6.31. The van der Waals surface area contributed by atoms with Crippen molar-refractivity contribution in [1.82, 2.24) is 10.2 Å². The number of benzodiazepines with no additional fused rings is 1. The summed E-state index contributed by atoms with van der Waals surface area (Å²) >= 11 is 0. The number of aromatic carboxylic acids is 1. The van der Waals surface area contributed by atoms with Crippen molar-refractivity contribution in [2.24, 2.45) is 16.8 Å². The number of rotatable bonds is 6. The summed E-state index contributed by atoms with van der Waals surface area (Å²) in [5.74, 6) is -1.70. The van der Waals surface area contributed by atoms with Gasteiger partial charge in [-0.15, -0.1) is 0 Å². The second-order valence-electron chi connectivity index (χ2n) is 11.5. The first kappa shape index (κ1) is 29.0. The predicted molar refractivity (Wildman–Crippen MR) is 162 cm³/mol. The Bertz CT molecular complexity index is 1640. The minimum atomic E-state index is -1.52. The van der Waals surface area contributed by atoms with Crippen LogP contribution in [0.15, 0.2) is 77.8 Å². The maximum atomic E-state index is 15.2. The van der Waals surface area contributed by atoms with Crippen LogP contribution in [0.2, 0.25) is 0 Å². The van der Waals surface area contributed by atoms with E-state index in [1.165, 1.54) is 41.3 Å². The number of aliphatic imine (C=N–C) groups is 1. The molecule has 4 amide bonds. The van der Waals surface area contributed by atoms with Crippen molar-refractivity contribution in [1.29, 1.82) is 0 Å². The van der Waals surface area contributed by atoms with Crippen molar-refractivity contribution in [2.75, 3.05) is 29.9 Å². The maximum absolute atomic E-state index is 15.2. The Balaban J connectivity index is 1.34. The lowest BCUT2D eigenvalue weighted by Gasteiger charge is -2.29. The zero-order valence-corrected chi connectivity index (χ0v) is 23.9. The number of anilines is 2. The molecule has 11 heteroatoms. The smallest absolute Gasteiger partial charge is 0.335 e. The predicted octanol–water partition coefficient (Wildman–Crippen LogP) is 4.50. The van der Waals surface area contributed by atoms with Crippen molar-refractivity contribution < 1.29 is 28.7 Å². The number of para-hydroxylation sites is 1. The Morgan fingerprint density at radius 3 is 2.23 bits per heavy atom. The number of halogens is 1. The highest BCUT2D eigenvalue weighted by Crippen LogP contribution is 2.34. The van der Waals surface area contributed by atoms with E-state index in [1.54, 1.807) is 36.4 Å². The molecule has 7 rings (SSSR count). The number of carboxylic acid groups (broad SMARTS) is 1. The maximum Gasteiger partial charge on any atom is 0.335 e. The lowest BCUT2D eigenvalue weighted by Crippen LogP contribution is -2.51. The molecule has 2 bridgehead atoms. The van der Waals surface area contributed by atoms with Gasteiger partial charge in [-0.2, -0.15) is 0 Å². The zero-order chi connectivity index (χ0) is 30.8. The highest BCUT2D eigenvalue weighted by atomic mass is 19.1. The number of carboxylic acids is 1. The third-order valence-corrected chi connectivity index (χ3v) is 8.54. The van der Waals surface area contributed by atoms with E-state index in [0.717, 1.165) is 25.7 Å². The van der Waals surface area contributed by atoms with E-state index >= 15 is 4.39 Å². The third kappa shape index (κ3) is 6.03. The van der Waals surface area contributed by atoms with Crippen molar-refractivity contribution in [2.45, 2.75) is 31.8 Å². The van der Waals surface area contributed by atoms with Crippen LogP contribution < -0.4 is 15.5 Å². The molecule has 0 radical (unpaired) electrons. The van der Waals surface area contributed by atoms with E-state index in [0.29, 0.717) is 36.2 Å². The molecule has 3 fully saturated rings. The van der Waals surface area contributed by atoms with E-state index < -0.39 is 29.9 Å². The molecule has 1 atom stereocenters. The van der Waals surface area contributed by atoms with Gasteiger partial charge in [-0.3, -0.25) is 14.5 Å². The Morgan fingerprint density at radius 2 is 1.55 bits per heavy atom. The van der Waals surface area contributed by atoms with Crippen LogP contribution in [0.1, 0.15) is 47.2 Å². The number of nitrogens with one attached hydrogen (secondary N) is 2. The van der Waals surface area contributed by atoms with E-state index in [-0.39, 0.29) is 35.0 Å². The Labute approximate surface area is 253 Å². The normalized spacial score (nSPS) is 21.1. The van der Waals surface area contributed by atoms with Crippen molar-refractivity contribution in [3.63, 3.8) is 0 Å². The monoisotopic (exact) mass is 597 g/mol. The van der Waals surface area contributed by atoms with Gasteiger partial charge < -0.3 is 20.6 Å². The highest BCUT2D eigenvalue weighted by molar-refractivity contribution is 6.21. The largest absolute Gasteiger partial charge is 0.478 e. The fourth-order valence-electron chi connectivity index (χ4n) is 6.31. The van der Waals surface area contributed by atoms with Gasteiger partial charge in [0.25, 0.3) is 5.91 Å². The fraction of sp³-hybridized carbons (Fsp3) is 0.303. The Morgan fingerprint density at radius 1 is 0.886 bits per heavy atom. The van der Waals surface area contributed by atoms with Gasteiger partial charge in [-0.05, 0) is 73.9 Å². The number of carbonyl (C=O) groups is 4. The second-order valence-corrected chi connectivity index (χ2v) is 11.5. The van der Waals surface area contributed by atoms with Crippen LogP contribution in [0.3, 0.4) is 0 Å². The van der Waals surface area contributed by atoms with Crippen LogP contribution in [0.4, 0.5) is 20.6 Å². The van der Waals surface area contributed by atoms with Crippen LogP contribution in [0.25, 0.3) is 0 Å². The van der Waals surface area contributed by atoms with E-state index in [1.807, 2.05) is 4.90 Å². The molecular weight excluding hydrogens is 565 g/mol. The molecule has 10 nitrogen and oxygen atoms in total. The van der Waals surface area contributed by atoms with E-state index in [9.17, 15) is 24.3 Å². The topological polar surface area (TPSA) is 131 Å². The molecule has 2 saturated heterocycles. The van der Waals surface area contributed by atoms with Gasteiger partial charge in [0.2, 0.25) is 12.1 Å². The number of fused-ring (bicyclic) bond motifs is 5. The average molecular weight is 598 g/mol. The molecule has 3 aromatic rings. The van der Waals surface area contributed by atoms with Gasteiger partial charge in [0.1, 0.15) is 12.4 Å². The van der Waals surface area contributed by atoms with Gasteiger partial charge in [0.15, 0.2) is 0 Å². The van der Waals surface area contributed by atoms with E-state index in [4.69, 9.17) is 0 Å². The molecule has 3 aliphatic heterocycles. The van der Waals surface area contributed by atoms with Crippen LogP contribution in [-0.4, -0.2) is 65.3 Å². The van der Waals surface area contributed by atoms with Gasteiger partial charge in [0, 0.05) is 29.9 Å². The molecule has 4 aliphatic rings. The molecule has 1 aliphatic carbocycles. The van der Waals surface area contributed by atoms with Crippen LogP contribution in [-0.2, 0) is 9.59 Å². The first-order valence-corrected chi connectivity index (χ1v) is 14.7. The summed E-state index contributed by atoms with van der Waals surface area (Å²) in [6.45, 7) is 1.03. The molecule has 44 heavy (non-hydrogen) atoms. The minimum absolute atomic E-state index is 0.0321. The first-order chi connectivity index (χ1) is 21.3. The van der Waals surface area contributed by atoms with Gasteiger partial charge in [-0.25, -0.2) is 19.0 Å². The number of nitrogens with zero attached hydrogens (tertiary/aromatic N) is 3. The minimum Gasteiger partial charge on any atom is -0.478 e. The van der Waals surface area contributed by atoms with Gasteiger partial charge in [0.05, 0.1) is 17.0 Å². The number of benzene rings is 3. The number of urea groups is 1. The van der Waals surface area contributed by atoms with Crippen LogP contribution in [0, 0.1) is 17.7 Å². The number of hydrogen-bond acceptors (Lipinski definition) is 5. The summed E-state index contributed by atoms with van der Waals surface area (Å²) in [5, 5.41) is 14.4. The molecule has 226 valence electrons.